The molecule has 0 amide bonds. The first-order chi connectivity index (χ1) is 6.27. The molecule has 0 radical (unpaired) electrons. The summed E-state index contributed by atoms with van der Waals surface area (Å²) in [4.78, 5) is 4.11. The van der Waals surface area contributed by atoms with Crippen LogP contribution in [-0.4, -0.2) is 12.1 Å². The zero-order valence-corrected chi connectivity index (χ0v) is 7.46. The van der Waals surface area contributed by atoms with Gasteiger partial charge in [0.15, 0.2) is 6.07 Å². The van der Waals surface area contributed by atoms with Gasteiger partial charge >= 0.3 is 0 Å². The van der Waals surface area contributed by atoms with Gasteiger partial charge in [-0.3, -0.25) is 0 Å². The maximum absolute atomic E-state index is 8.25. The van der Waals surface area contributed by atoms with Crippen LogP contribution in [0.2, 0.25) is 0 Å². The number of hydrogen-bond donors (Lipinski definition) is 0. The average Bonchev–Trinajstić information content (AvgIpc) is 2.16. The molecule has 13 heavy (non-hydrogen) atoms. The van der Waals surface area contributed by atoms with Crippen molar-refractivity contribution in [1.82, 2.24) is 4.98 Å². The molecule has 0 atom stereocenters. The van der Waals surface area contributed by atoms with E-state index in [9.17, 15) is 0 Å². The van der Waals surface area contributed by atoms with E-state index in [1.165, 1.54) is 0 Å². The first-order valence-corrected chi connectivity index (χ1v) is 3.69. The fourth-order valence-corrected chi connectivity index (χ4v) is 0.879. The molecule has 0 saturated heterocycles. The number of aryl methyl sites for hydroxylation is 1. The summed E-state index contributed by atoms with van der Waals surface area (Å²) in [6, 6.07) is 5.25. The monoisotopic (exact) mass is 172 g/mol. The molecular weight excluding hydrogens is 164 g/mol. The SMILES string of the molecule is COc1ccc(C#CC#N)c(C)n1. The lowest BCUT2D eigenvalue weighted by Crippen LogP contribution is -1.92. The lowest BCUT2D eigenvalue weighted by molar-refractivity contribution is 0.397. The van der Waals surface area contributed by atoms with Crippen molar-refractivity contribution in [2.75, 3.05) is 7.11 Å². The van der Waals surface area contributed by atoms with Crippen LogP contribution in [0.3, 0.4) is 0 Å². The summed E-state index contributed by atoms with van der Waals surface area (Å²) in [6.45, 7) is 1.82. The van der Waals surface area contributed by atoms with E-state index < -0.39 is 0 Å². The van der Waals surface area contributed by atoms with Crippen molar-refractivity contribution in [2.45, 2.75) is 6.92 Å². The van der Waals surface area contributed by atoms with E-state index >= 15 is 0 Å². The molecule has 0 unspecified atom stereocenters. The molecule has 0 saturated carbocycles. The van der Waals surface area contributed by atoms with Gasteiger partial charge in [0, 0.05) is 17.6 Å². The molecule has 1 aromatic heterocycles. The Morgan fingerprint density at radius 1 is 1.46 bits per heavy atom. The standard InChI is InChI=1S/C10H8N2O/c1-8-9(4-3-7-11)5-6-10(12-8)13-2/h5-6H,1-2H3. The van der Waals surface area contributed by atoms with Gasteiger partial charge in [-0.25, -0.2) is 4.98 Å². The van der Waals surface area contributed by atoms with Crippen molar-refractivity contribution in [3.8, 4) is 23.8 Å². The molecule has 0 spiro atoms. The molecule has 0 aliphatic heterocycles. The number of rotatable bonds is 1. The van der Waals surface area contributed by atoms with Crippen molar-refractivity contribution >= 4 is 0 Å². The van der Waals surface area contributed by atoms with E-state index in [-0.39, 0.29) is 0 Å². The van der Waals surface area contributed by atoms with E-state index in [0.717, 1.165) is 11.3 Å². The van der Waals surface area contributed by atoms with Crippen LogP contribution in [0.5, 0.6) is 5.88 Å². The largest absolute Gasteiger partial charge is 0.481 e. The molecule has 1 aromatic rings. The molecule has 0 aromatic carbocycles. The van der Waals surface area contributed by atoms with Gasteiger partial charge in [-0.15, -0.1) is 0 Å². The molecule has 0 aliphatic rings. The molecule has 3 nitrogen and oxygen atoms in total. The van der Waals surface area contributed by atoms with Crippen molar-refractivity contribution in [2.24, 2.45) is 0 Å². The molecule has 0 N–H and O–H groups in total. The van der Waals surface area contributed by atoms with E-state index in [1.807, 2.05) is 6.92 Å². The van der Waals surface area contributed by atoms with E-state index in [2.05, 4.69) is 16.8 Å². The zero-order chi connectivity index (χ0) is 9.68. The van der Waals surface area contributed by atoms with Gasteiger partial charge in [0.05, 0.1) is 12.8 Å². The molecule has 1 heterocycles. The van der Waals surface area contributed by atoms with Gasteiger partial charge in [0.1, 0.15) is 0 Å². The van der Waals surface area contributed by atoms with Crippen LogP contribution in [0.4, 0.5) is 0 Å². The molecule has 1 rings (SSSR count). The Morgan fingerprint density at radius 3 is 2.77 bits per heavy atom. The Balaban J connectivity index is 3.07. The second-order valence-electron chi connectivity index (χ2n) is 2.35. The Labute approximate surface area is 77.0 Å². The van der Waals surface area contributed by atoms with Gasteiger partial charge in [0.2, 0.25) is 5.88 Å². The van der Waals surface area contributed by atoms with Crippen LogP contribution in [0.15, 0.2) is 12.1 Å². The number of methoxy groups -OCH3 is 1. The highest BCUT2D eigenvalue weighted by Crippen LogP contribution is 2.10. The van der Waals surface area contributed by atoms with Crippen LogP contribution in [0.1, 0.15) is 11.3 Å². The minimum absolute atomic E-state index is 0.556. The third-order valence-corrected chi connectivity index (χ3v) is 1.52. The smallest absolute Gasteiger partial charge is 0.213 e. The van der Waals surface area contributed by atoms with Crippen molar-refractivity contribution in [3.05, 3.63) is 23.4 Å². The second kappa shape index (κ2) is 4.13. The van der Waals surface area contributed by atoms with Crippen molar-refractivity contribution in [3.63, 3.8) is 0 Å². The summed E-state index contributed by atoms with van der Waals surface area (Å²) in [7, 11) is 1.56. The summed E-state index contributed by atoms with van der Waals surface area (Å²) in [5, 5.41) is 8.25. The summed E-state index contributed by atoms with van der Waals surface area (Å²) < 4.78 is 4.93. The van der Waals surface area contributed by atoms with Crippen LogP contribution in [0, 0.1) is 30.1 Å². The highest BCUT2D eigenvalue weighted by Gasteiger charge is 1.97. The molecule has 3 heteroatoms. The van der Waals surface area contributed by atoms with Gasteiger partial charge in [-0.1, -0.05) is 0 Å². The van der Waals surface area contributed by atoms with Crippen LogP contribution >= 0.6 is 0 Å². The maximum atomic E-state index is 8.25. The lowest BCUT2D eigenvalue weighted by atomic mass is 10.2. The number of nitriles is 1. The van der Waals surface area contributed by atoms with Crippen molar-refractivity contribution < 1.29 is 4.74 Å². The van der Waals surface area contributed by atoms with Crippen molar-refractivity contribution in [1.29, 1.82) is 5.26 Å². The Bertz CT molecular complexity index is 407. The molecule has 0 aliphatic carbocycles. The Hall–Kier alpha value is -2.00. The number of nitrogens with zero attached hydrogens (tertiary/aromatic N) is 2. The summed E-state index contributed by atoms with van der Waals surface area (Å²) in [5.41, 5.74) is 1.52. The summed E-state index contributed by atoms with van der Waals surface area (Å²) in [6.07, 6.45) is 0. The Morgan fingerprint density at radius 2 is 2.23 bits per heavy atom. The highest BCUT2D eigenvalue weighted by molar-refractivity contribution is 5.41. The predicted octanol–water partition coefficient (Wildman–Crippen LogP) is 1.27. The van der Waals surface area contributed by atoms with E-state index in [4.69, 9.17) is 10.00 Å². The minimum atomic E-state index is 0.556. The predicted molar refractivity (Wildman–Crippen MR) is 48.0 cm³/mol. The third kappa shape index (κ3) is 2.21. The number of aromatic nitrogens is 1. The molecule has 0 bridgehead atoms. The van der Waals surface area contributed by atoms with E-state index in [0.29, 0.717) is 5.88 Å². The molecule has 0 fully saturated rings. The first kappa shape index (κ1) is 9.09. The number of pyridine rings is 1. The fourth-order valence-electron chi connectivity index (χ4n) is 0.879. The second-order valence-corrected chi connectivity index (χ2v) is 2.35. The third-order valence-electron chi connectivity index (χ3n) is 1.52. The summed E-state index contributed by atoms with van der Waals surface area (Å²) in [5.74, 6) is 5.56. The van der Waals surface area contributed by atoms with Crippen LogP contribution < -0.4 is 4.74 Å². The molecule has 64 valence electrons. The quantitative estimate of drug-likeness (QED) is 0.599. The number of ether oxygens (including phenoxy) is 1. The first-order valence-electron chi connectivity index (χ1n) is 3.69. The van der Waals surface area contributed by atoms with Crippen LogP contribution in [-0.2, 0) is 0 Å². The highest BCUT2D eigenvalue weighted by atomic mass is 16.5. The van der Waals surface area contributed by atoms with E-state index in [1.54, 1.807) is 25.3 Å². The zero-order valence-electron chi connectivity index (χ0n) is 7.46. The fraction of sp³-hybridized carbons (Fsp3) is 0.200. The van der Waals surface area contributed by atoms with Gasteiger partial charge < -0.3 is 4.74 Å². The lowest BCUT2D eigenvalue weighted by Gasteiger charge is -2.00. The van der Waals surface area contributed by atoms with Crippen LogP contribution in [0.25, 0.3) is 0 Å². The molecular formula is C10H8N2O. The van der Waals surface area contributed by atoms with Gasteiger partial charge in [0.25, 0.3) is 0 Å². The van der Waals surface area contributed by atoms with Gasteiger partial charge in [-0.05, 0) is 18.9 Å². The van der Waals surface area contributed by atoms with Gasteiger partial charge in [-0.2, -0.15) is 5.26 Å². The maximum Gasteiger partial charge on any atom is 0.213 e. The average molecular weight is 172 g/mol. The minimum Gasteiger partial charge on any atom is -0.481 e. The number of hydrogen-bond acceptors (Lipinski definition) is 3. The summed E-state index contributed by atoms with van der Waals surface area (Å²) >= 11 is 0. The Kier molecular flexibility index (Phi) is 2.89. The normalized spacial score (nSPS) is 8.08. The topological polar surface area (TPSA) is 45.9 Å².